The van der Waals surface area contributed by atoms with Crippen molar-refractivity contribution in [2.24, 2.45) is 5.92 Å². The van der Waals surface area contributed by atoms with Crippen molar-refractivity contribution < 1.29 is 18.0 Å². The van der Waals surface area contributed by atoms with E-state index in [0.717, 1.165) is 17.3 Å². The minimum atomic E-state index is -4.47. The lowest BCUT2D eigenvalue weighted by Crippen LogP contribution is -2.36. The number of aromatic nitrogens is 1. The van der Waals surface area contributed by atoms with Crippen LogP contribution in [0, 0.1) is 5.92 Å². The van der Waals surface area contributed by atoms with Gasteiger partial charge in [-0.15, -0.1) is 0 Å². The first-order valence-electron chi connectivity index (χ1n) is 9.48. The number of hydrogen-bond donors (Lipinski definition) is 2. The van der Waals surface area contributed by atoms with Gasteiger partial charge in [0, 0.05) is 45.0 Å². The Morgan fingerprint density at radius 2 is 1.86 bits per heavy atom. The molecule has 1 aromatic heterocycles. The smallest absolute Gasteiger partial charge is 0.378 e. The SMILES string of the molecule is C[C@@H](NC(=O)[C@H]1CNC[C@@H]1c1ccc(C(F)(F)F)nc1)c1ccc(N(C)C)cc1. The second-order valence-electron chi connectivity index (χ2n) is 7.56. The summed E-state index contributed by atoms with van der Waals surface area (Å²) in [6, 6.07) is 10.1. The van der Waals surface area contributed by atoms with Gasteiger partial charge in [-0.1, -0.05) is 18.2 Å². The van der Waals surface area contributed by atoms with E-state index in [4.69, 9.17) is 0 Å². The summed E-state index contributed by atoms with van der Waals surface area (Å²) in [4.78, 5) is 18.4. The van der Waals surface area contributed by atoms with Crippen molar-refractivity contribution in [3.05, 3.63) is 59.4 Å². The van der Waals surface area contributed by atoms with Gasteiger partial charge in [-0.3, -0.25) is 9.78 Å². The average molecular weight is 406 g/mol. The van der Waals surface area contributed by atoms with Crippen LogP contribution in [0.4, 0.5) is 18.9 Å². The van der Waals surface area contributed by atoms with Crippen LogP contribution in [-0.2, 0) is 11.0 Å². The summed E-state index contributed by atoms with van der Waals surface area (Å²) < 4.78 is 38.2. The molecule has 8 heteroatoms. The lowest BCUT2D eigenvalue weighted by Gasteiger charge is -2.22. The van der Waals surface area contributed by atoms with Crippen molar-refractivity contribution in [1.29, 1.82) is 0 Å². The quantitative estimate of drug-likeness (QED) is 0.800. The number of nitrogens with one attached hydrogen (secondary N) is 2. The molecule has 0 unspecified atom stereocenters. The molecule has 0 aliphatic carbocycles. The maximum Gasteiger partial charge on any atom is 0.433 e. The molecule has 1 aliphatic heterocycles. The van der Waals surface area contributed by atoms with Crippen LogP contribution in [0.1, 0.15) is 35.7 Å². The summed E-state index contributed by atoms with van der Waals surface area (Å²) in [7, 11) is 3.92. The molecule has 1 saturated heterocycles. The molecule has 2 N–H and O–H groups in total. The van der Waals surface area contributed by atoms with Crippen LogP contribution in [0.25, 0.3) is 0 Å². The lowest BCUT2D eigenvalue weighted by atomic mass is 9.88. The fourth-order valence-electron chi connectivity index (χ4n) is 3.56. The van der Waals surface area contributed by atoms with E-state index in [1.807, 2.05) is 50.2 Å². The number of alkyl halides is 3. The van der Waals surface area contributed by atoms with E-state index in [2.05, 4.69) is 15.6 Å². The molecule has 1 aromatic carbocycles. The topological polar surface area (TPSA) is 57.3 Å². The van der Waals surface area contributed by atoms with Gasteiger partial charge in [-0.05, 0) is 36.2 Å². The van der Waals surface area contributed by atoms with Crippen LogP contribution < -0.4 is 15.5 Å². The number of halogens is 3. The molecular formula is C21H25F3N4O. The minimum Gasteiger partial charge on any atom is -0.378 e. The lowest BCUT2D eigenvalue weighted by molar-refractivity contribution is -0.141. The molecule has 156 valence electrons. The highest BCUT2D eigenvalue weighted by atomic mass is 19.4. The number of pyridine rings is 1. The first kappa shape index (κ1) is 21.1. The molecule has 3 atom stereocenters. The largest absolute Gasteiger partial charge is 0.433 e. The van der Waals surface area contributed by atoms with Crippen LogP contribution in [0.3, 0.4) is 0 Å². The van der Waals surface area contributed by atoms with Crippen LogP contribution in [0.5, 0.6) is 0 Å². The Balaban J connectivity index is 1.68. The van der Waals surface area contributed by atoms with Gasteiger partial charge in [-0.25, -0.2) is 0 Å². The highest BCUT2D eigenvalue weighted by molar-refractivity contribution is 5.81. The fraction of sp³-hybridized carbons (Fsp3) is 0.429. The first-order chi connectivity index (χ1) is 13.7. The van der Waals surface area contributed by atoms with Crippen molar-refractivity contribution in [2.75, 3.05) is 32.1 Å². The van der Waals surface area contributed by atoms with Crippen LogP contribution in [0.15, 0.2) is 42.6 Å². The standard InChI is InChI=1S/C21H25F3N4O/c1-13(14-4-7-16(8-5-14)28(2)3)27-20(29)18-12-25-11-17(18)15-6-9-19(26-10-15)21(22,23)24/h4-10,13,17-18,25H,11-12H2,1-3H3,(H,27,29)/t13-,17-,18+/m1/s1. The normalized spacial score (nSPS) is 20.3. The maximum atomic E-state index is 12.9. The molecule has 2 aromatic rings. The summed E-state index contributed by atoms with van der Waals surface area (Å²) in [5.41, 5.74) is 1.76. The average Bonchev–Trinajstić information content (AvgIpc) is 3.17. The Morgan fingerprint density at radius 3 is 2.41 bits per heavy atom. The summed E-state index contributed by atoms with van der Waals surface area (Å²) in [5, 5.41) is 6.19. The summed E-state index contributed by atoms with van der Waals surface area (Å²) in [6.07, 6.45) is -3.25. The zero-order valence-electron chi connectivity index (χ0n) is 16.6. The van der Waals surface area contributed by atoms with Crippen molar-refractivity contribution in [2.45, 2.75) is 25.1 Å². The van der Waals surface area contributed by atoms with Crippen molar-refractivity contribution >= 4 is 11.6 Å². The molecule has 0 radical (unpaired) electrons. The third-order valence-electron chi connectivity index (χ3n) is 5.32. The summed E-state index contributed by atoms with van der Waals surface area (Å²) >= 11 is 0. The van der Waals surface area contributed by atoms with Gasteiger partial charge in [-0.2, -0.15) is 13.2 Å². The number of hydrogen-bond acceptors (Lipinski definition) is 4. The molecule has 3 rings (SSSR count). The Hall–Kier alpha value is -2.61. The van der Waals surface area contributed by atoms with Crippen LogP contribution in [0.2, 0.25) is 0 Å². The second-order valence-corrected chi connectivity index (χ2v) is 7.56. The van der Waals surface area contributed by atoms with Gasteiger partial charge in [0.1, 0.15) is 5.69 Å². The first-order valence-corrected chi connectivity index (χ1v) is 9.48. The molecule has 1 fully saturated rings. The Kier molecular flexibility index (Phi) is 6.12. The number of amides is 1. The van der Waals surface area contributed by atoms with Gasteiger partial charge in [0.05, 0.1) is 12.0 Å². The highest BCUT2D eigenvalue weighted by Gasteiger charge is 2.36. The number of carbonyl (C=O) groups excluding carboxylic acids is 1. The van der Waals surface area contributed by atoms with Gasteiger partial charge in [0.2, 0.25) is 5.91 Å². The molecule has 5 nitrogen and oxygen atoms in total. The van der Waals surface area contributed by atoms with Crippen LogP contribution >= 0.6 is 0 Å². The predicted molar refractivity (Wildman–Crippen MR) is 106 cm³/mol. The van der Waals surface area contributed by atoms with Gasteiger partial charge >= 0.3 is 6.18 Å². The van der Waals surface area contributed by atoms with Gasteiger partial charge in [0.25, 0.3) is 0 Å². The van der Waals surface area contributed by atoms with E-state index in [-0.39, 0.29) is 23.8 Å². The minimum absolute atomic E-state index is 0.121. The third-order valence-corrected chi connectivity index (χ3v) is 5.32. The van der Waals surface area contributed by atoms with E-state index >= 15 is 0 Å². The summed E-state index contributed by atoms with van der Waals surface area (Å²) in [5.74, 6) is -0.700. The second kappa shape index (κ2) is 8.41. The Bertz CT molecular complexity index is 834. The molecule has 1 aliphatic rings. The fourth-order valence-corrected chi connectivity index (χ4v) is 3.56. The third kappa shape index (κ3) is 4.87. The van der Waals surface area contributed by atoms with Crippen molar-refractivity contribution in [3.63, 3.8) is 0 Å². The van der Waals surface area contributed by atoms with E-state index < -0.39 is 11.9 Å². The molecule has 29 heavy (non-hydrogen) atoms. The zero-order chi connectivity index (χ0) is 21.2. The molecule has 0 spiro atoms. The molecule has 0 saturated carbocycles. The molecular weight excluding hydrogens is 381 g/mol. The van der Waals surface area contributed by atoms with Gasteiger partial charge < -0.3 is 15.5 Å². The van der Waals surface area contributed by atoms with Crippen molar-refractivity contribution in [3.8, 4) is 0 Å². The molecule has 2 heterocycles. The number of rotatable bonds is 5. The number of carbonyl (C=O) groups is 1. The monoisotopic (exact) mass is 406 g/mol. The number of nitrogens with zero attached hydrogens (tertiary/aromatic N) is 2. The van der Waals surface area contributed by atoms with E-state index in [9.17, 15) is 18.0 Å². The highest BCUT2D eigenvalue weighted by Crippen LogP contribution is 2.32. The Labute approximate surface area is 168 Å². The number of benzene rings is 1. The van der Waals surface area contributed by atoms with Crippen molar-refractivity contribution in [1.82, 2.24) is 15.6 Å². The van der Waals surface area contributed by atoms with E-state index in [1.165, 1.54) is 12.3 Å². The molecule has 0 bridgehead atoms. The predicted octanol–water partition coefficient (Wildman–Crippen LogP) is 3.35. The van der Waals surface area contributed by atoms with Gasteiger partial charge in [0.15, 0.2) is 0 Å². The maximum absolute atomic E-state index is 12.9. The van der Waals surface area contributed by atoms with Crippen LogP contribution in [-0.4, -0.2) is 38.1 Å². The van der Waals surface area contributed by atoms with E-state index in [0.29, 0.717) is 18.7 Å². The number of anilines is 1. The molecule has 1 amide bonds. The summed E-state index contributed by atoms with van der Waals surface area (Å²) in [6.45, 7) is 2.92. The zero-order valence-corrected chi connectivity index (χ0v) is 16.6. The van der Waals surface area contributed by atoms with E-state index in [1.54, 1.807) is 0 Å². The Morgan fingerprint density at radius 1 is 1.17 bits per heavy atom.